The van der Waals surface area contributed by atoms with E-state index < -0.39 is 11.0 Å². The molecule has 0 radical (unpaired) electrons. The predicted molar refractivity (Wildman–Crippen MR) is 162 cm³/mol. The molecule has 7 heteroatoms. The SMILES string of the molecule is Oc1ccc2c3c1O[C@H]1c4ncc(-c5ccncn5)cc4C[C@@]4(OCCCc5ccccc5)[C@@H](C2)N(CC2CC2)CC[C@]314. The van der Waals surface area contributed by atoms with Crippen molar-refractivity contribution in [3.05, 3.63) is 101 Å². The standard InChI is InChI=1S/C36H36N4O3/c41-29-11-10-25-18-30-36(42-16-4-7-23-5-2-1-3-6-23)19-26-17-27(28-12-14-37-22-39-28)20-38-32(26)34-35(36,31(25)33(29)43-34)13-15-40(30)21-24-8-9-24/h1-3,5-6,10-12,14,17,20,22,24,30,34,41H,4,7-9,13,15-16,18-19,21H2/t30-,34+,35+,36-/m1/s1. The van der Waals surface area contributed by atoms with E-state index in [0.717, 1.165) is 73.6 Å². The van der Waals surface area contributed by atoms with E-state index in [0.29, 0.717) is 12.4 Å². The van der Waals surface area contributed by atoms with E-state index in [1.807, 2.05) is 18.3 Å². The van der Waals surface area contributed by atoms with E-state index in [1.54, 1.807) is 12.5 Å². The molecular weight excluding hydrogens is 536 g/mol. The van der Waals surface area contributed by atoms with Crippen molar-refractivity contribution in [2.45, 2.75) is 68.1 Å². The molecule has 2 aromatic carbocycles. The lowest BCUT2D eigenvalue weighted by Gasteiger charge is -2.64. The van der Waals surface area contributed by atoms with Crippen LogP contribution < -0.4 is 4.74 Å². The third-order valence-electron chi connectivity index (χ3n) is 10.9. The summed E-state index contributed by atoms with van der Waals surface area (Å²) in [4.78, 5) is 16.5. The van der Waals surface area contributed by atoms with Gasteiger partial charge in [-0.25, -0.2) is 9.97 Å². The molecular formula is C36H36N4O3. The smallest absolute Gasteiger partial charge is 0.166 e. The van der Waals surface area contributed by atoms with Gasteiger partial charge in [0.1, 0.15) is 11.9 Å². The van der Waals surface area contributed by atoms with E-state index in [1.165, 1.54) is 29.5 Å². The number of likely N-dealkylation sites (tertiary alicyclic amines) is 1. The van der Waals surface area contributed by atoms with Crippen LogP contribution in [0.4, 0.5) is 0 Å². The minimum atomic E-state index is -0.494. The predicted octanol–water partition coefficient (Wildman–Crippen LogP) is 5.60. The van der Waals surface area contributed by atoms with Crippen LogP contribution in [0.1, 0.15) is 59.7 Å². The summed E-state index contributed by atoms with van der Waals surface area (Å²) in [6.07, 6.45) is 12.2. The first-order chi connectivity index (χ1) is 21.2. The van der Waals surface area contributed by atoms with E-state index in [-0.39, 0.29) is 17.9 Å². The number of phenolic OH excluding ortho intramolecular Hbond substituents is 1. The molecule has 43 heavy (non-hydrogen) atoms. The molecule has 0 unspecified atom stereocenters. The third-order valence-corrected chi connectivity index (χ3v) is 10.9. The van der Waals surface area contributed by atoms with Gasteiger partial charge in [0.15, 0.2) is 17.6 Å². The highest BCUT2D eigenvalue weighted by atomic mass is 16.5. The lowest BCUT2D eigenvalue weighted by Crippen LogP contribution is -2.75. The number of hydrogen-bond donors (Lipinski definition) is 1. The van der Waals surface area contributed by atoms with Crippen molar-refractivity contribution in [1.29, 1.82) is 0 Å². The molecule has 218 valence electrons. The van der Waals surface area contributed by atoms with Crippen molar-refractivity contribution in [1.82, 2.24) is 19.9 Å². The van der Waals surface area contributed by atoms with Crippen LogP contribution in [-0.2, 0) is 29.4 Å². The Morgan fingerprint density at radius 3 is 2.79 bits per heavy atom. The third kappa shape index (κ3) is 3.77. The number of aromatic nitrogens is 3. The van der Waals surface area contributed by atoms with Gasteiger partial charge >= 0.3 is 0 Å². The fourth-order valence-electron chi connectivity index (χ4n) is 8.86. The Balaban J connectivity index is 1.19. The zero-order valence-electron chi connectivity index (χ0n) is 24.3. The van der Waals surface area contributed by atoms with Crippen LogP contribution in [0, 0.1) is 5.92 Å². The molecule has 1 N–H and O–H groups in total. The fourth-order valence-corrected chi connectivity index (χ4v) is 8.86. The van der Waals surface area contributed by atoms with Crippen LogP contribution in [0.25, 0.3) is 11.3 Å². The van der Waals surface area contributed by atoms with Gasteiger partial charge in [-0.1, -0.05) is 36.4 Å². The molecule has 4 aromatic rings. The van der Waals surface area contributed by atoms with E-state index in [9.17, 15) is 5.11 Å². The first-order valence-electron chi connectivity index (χ1n) is 15.9. The van der Waals surface area contributed by atoms with Crippen LogP contribution >= 0.6 is 0 Å². The van der Waals surface area contributed by atoms with Gasteiger partial charge in [0.25, 0.3) is 0 Å². The second-order valence-corrected chi connectivity index (χ2v) is 13.2. The summed E-state index contributed by atoms with van der Waals surface area (Å²) in [5.74, 6) is 1.65. The molecule has 1 saturated heterocycles. The number of ether oxygens (including phenoxy) is 2. The van der Waals surface area contributed by atoms with Gasteiger partial charge in [-0.3, -0.25) is 9.88 Å². The Labute approximate surface area is 251 Å². The molecule has 2 aliphatic heterocycles. The Morgan fingerprint density at radius 1 is 1.05 bits per heavy atom. The molecule has 3 aliphatic carbocycles. The monoisotopic (exact) mass is 572 g/mol. The van der Waals surface area contributed by atoms with Gasteiger partial charge < -0.3 is 14.6 Å². The number of aryl methyl sites for hydroxylation is 1. The largest absolute Gasteiger partial charge is 0.504 e. The summed E-state index contributed by atoms with van der Waals surface area (Å²) >= 11 is 0. The molecule has 2 fully saturated rings. The van der Waals surface area contributed by atoms with Crippen LogP contribution in [0.15, 0.2) is 73.3 Å². The fraction of sp³-hybridized carbons (Fsp3) is 0.417. The van der Waals surface area contributed by atoms with Gasteiger partial charge in [0, 0.05) is 49.1 Å². The highest BCUT2D eigenvalue weighted by Crippen LogP contribution is 2.69. The molecule has 0 amide bonds. The number of hydrogen-bond acceptors (Lipinski definition) is 7. The number of piperidine rings is 1. The maximum absolute atomic E-state index is 11.1. The molecule has 5 aliphatic rings. The topological polar surface area (TPSA) is 80.6 Å². The molecule has 2 bridgehead atoms. The molecule has 4 heterocycles. The summed E-state index contributed by atoms with van der Waals surface area (Å²) in [7, 11) is 0. The Morgan fingerprint density at radius 2 is 1.95 bits per heavy atom. The highest BCUT2D eigenvalue weighted by Gasteiger charge is 2.73. The molecule has 2 aromatic heterocycles. The number of pyridine rings is 1. The average Bonchev–Trinajstić information content (AvgIpc) is 3.79. The lowest BCUT2D eigenvalue weighted by molar-refractivity contribution is -0.205. The maximum Gasteiger partial charge on any atom is 0.166 e. The molecule has 9 rings (SSSR count). The quantitative estimate of drug-likeness (QED) is 0.275. The van der Waals surface area contributed by atoms with Crippen molar-refractivity contribution < 1.29 is 14.6 Å². The van der Waals surface area contributed by atoms with Crippen molar-refractivity contribution >= 4 is 0 Å². The Hall–Kier alpha value is -3.81. The Bertz CT molecular complexity index is 1690. The van der Waals surface area contributed by atoms with Crippen LogP contribution in [0.2, 0.25) is 0 Å². The molecule has 1 saturated carbocycles. The van der Waals surface area contributed by atoms with Crippen molar-refractivity contribution in [2.75, 3.05) is 19.7 Å². The summed E-state index contributed by atoms with van der Waals surface area (Å²) < 4.78 is 14.3. The first kappa shape index (κ1) is 25.7. The van der Waals surface area contributed by atoms with E-state index in [2.05, 4.69) is 57.3 Å². The minimum Gasteiger partial charge on any atom is -0.504 e. The maximum atomic E-state index is 11.1. The number of aromatic hydroxyl groups is 1. The lowest BCUT2D eigenvalue weighted by atomic mass is 9.48. The second kappa shape index (κ2) is 9.60. The minimum absolute atomic E-state index is 0.221. The zero-order chi connectivity index (χ0) is 28.6. The number of phenols is 1. The van der Waals surface area contributed by atoms with Gasteiger partial charge in [0.05, 0.1) is 16.8 Å². The van der Waals surface area contributed by atoms with E-state index in [4.69, 9.17) is 14.5 Å². The van der Waals surface area contributed by atoms with Crippen molar-refractivity contribution in [3.63, 3.8) is 0 Å². The normalized spacial score (nSPS) is 28.2. The summed E-state index contributed by atoms with van der Waals surface area (Å²) in [5, 5.41) is 11.1. The number of rotatable bonds is 8. The number of fused-ring (bicyclic) bond motifs is 2. The van der Waals surface area contributed by atoms with E-state index >= 15 is 0 Å². The summed E-state index contributed by atoms with van der Waals surface area (Å²) in [6.45, 7) is 2.82. The average molecular weight is 573 g/mol. The van der Waals surface area contributed by atoms with Gasteiger partial charge in [-0.2, -0.15) is 0 Å². The first-order valence-corrected chi connectivity index (χ1v) is 15.9. The number of nitrogens with zero attached hydrogens (tertiary/aromatic N) is 4. The molecule has 4 atom stereocenters. The van der Waals surface area contributed by atoms with Gasteiger partial charge in [-0.05, 0) is 85.9 Å². The van der Waals surface area contributed by atoms with Gasteiger partial charge in [0.2, 0.25) is 0 Å². The zero-order valence-corrected chi connectivity index (χ0v) is 24.3. The number of benzene rings is 2. The summed E-state index contributed by atoms with van der Waals surface area (Å²) in [6, 6.07) is 19.1. The molecule has 1 spiro atoms. The van der Waals surface area contributed by atoms with Crippen LogP contribution in [-0.4, -0.2) is 56.3 Å². The Kier molecular flexibility index (Phi) is 5.73. The molecule has 7 nitrogen and oxygen atoms in total. The van der Waals surface area contributed by atoms with Crippen LogP contribution in [0.5, 0.6) is 11.5 Å². The highest BCUT2D eigenvalue weighted by molar-refractivity contribution is 5.66. The van der Waals surface area contributed by atoms with Gasteiger partial charge in [-0.15, -0.1) is 0 Å². The second-order valence-electron chi connectivity index (χ2n) is 13.2. The van der Waals surface area contributed by atoms with Crippen LogP contribution in [0.3, 0.4) is 0 Å². The van der Waals surface area contributed by atoms with Crippen molar-refractivity contribution in [2.24, 2.45) is 5.92 Å². The van der Waals surface area contributed by atoms with Crippen molar-refractivity contribution in [3.8, 4) is 22.8 Å². The summed E-state index contributed by atoms with van der Waals surface area (Å²) in [5.41, 5.74) is 6.89.